The van der Waals surface area contributed by atoms with Gasteiger partial charge in [0.25, 0.3) is 0 Å². The van der Waals surface area contributed by atoms with Crippen LogP contribution in [0.1, 0.15) is 49.3 Å². The zero-order chi connectivity index (χ0) is 28.3. The minimum Gasteiger partial charge on any atom is -0.352 e. The molecule has 0 saturated heterocycles. The average Bonchev–Trinajstić information content (AvgIpc) is 3.33. The molecule has 0 aliphatic heterocycles. The van der Waals surface area contributed by atoms with E-state index in [1.807, 2.05) is 19.1 Å². The summed E-state index contributed by atoms with van der Waals surface area (Å²) in [6.07, 6.45) is -0.368. The molecule has 2 aromatic rings. The lowest BCUT2D eigenvalue weighted by Gasteiger charge is -2.32. The van der Waals surface area contributed by atoms with Crippen LogP contribution in [0.4, 0.5) is 18.9 Å². The van der Waals surface area contributed by atoms with Crippen molar-refractivity contribution in [2.45, 2.75) is 64.3 Å². The minimum absolute atomic E-state index is 0.00254. The Morgan fingerprint density at radius 1 is 1.13 bits per heavy atom. The minimum atomic E-state index is -4.83. The standard InChI is InChI=1S/C26H31ClF3N3O4S/c1-17-8-4-5-9-19(17)15-32(18(2)25(35)31-20-10-6-7-11-20)24(34)16-33(38(3,36)37)21-12-13-23(27)22(14-21)26(28,29)30/h4-5,8-9,12-14,18,20H,6-7,10-11,15-16H2,1-3H3,(H,31,35)/t18-/m1/s1. The molecule has 2 amide bonds. The Morgan fingerprint density at radius 3 is 2.34 bits per heavy atom. The molecule has 1 atom stereocenters. The average molecular weight is 574 g/mol. The number of hydrogen-bond acceptors (Lipinski definition) is 4. The third-order valence-electron chi connectivity index (χ3n) is 6.69. The van der Waals surface area contributed by atoms with Gasteiger partial charge < -0.3 is 10.2 Å². The van der Waals surface area contributed by atoms with Crippen LogP contribution in [0.15, 0.2) is 42.5 Å². The summed E-state index contributed by atoms with van der Waals surface area (Å²) in [5.74, 6) is -1.12. The van der Waals surface area contributed by atoms with E-state index in [1.54, 1.807) is 19.1 Å². The predicted molar refractivity (Wildman–Crippen MR) is 140 cm³/mol. The van der Waals surface area contributed by atoms with Crippen LogP contribution in [0.5, 0.6) is 0 Å². The highest BCUT2D eigenvalue weighted by atomic mass is 35.5. The van der Waals surface area contributed by atoms with Gasteiger partial charge in [0.15, 0.2) is 0 Å². The third-order valence-corrected chi connectivity index (χ3v) is 8.16. The van der Waals surface area contributed by atoms with Gasteiger partial charge in [-0.2, -0.15) is 13.2 Å². The van der Waals surface area contributed by atoms with Crippen LogP contribution in [0.25, 0.3) is 0 Å². The number of carbonyl (C=O) groups is 2. The second kappa shape index (κ2) is 11.9. The van der Waals surface area contributed by atoms with E-state index in [4.69, 9.17) is 11.6 Å². The lowest BCUT2D eigenvalue weighted by atomic mass is 10.1. The molecule has 0 spiro atoms. The molecule has 1 aliphatic rings. The van der Waals surface area contributed by atoms with E-state index < -0.39 is 45.3 Å². The SMILES string of the molecule is Cc1ccccc1CN(C(=O)CN(c1ccc(Cl)c(C(F)(F)F)c1)S(C)(=O)=O)[C@H](C)C(=O)NC1CCCC1. The summed E-state index contributed by atoms with van der Waals surface area (Å²) in [5, 5.41) is 2.36. The highest BCUT2D eigenvalue weighted by Crippen LogP contribution is 2.37. The van der Waals surface area contributed by atoms with Gasteiger partial charge in [-0.3, -0.25) is 13.9 Å². The van der Waals surface area contributed by atoms with Crippen molar-refractivity contribution in [3.05, 3.63) is 64.2 Å². The lowest BCUT2D eigenvalue weighted by Crippen LogP contribution is -2.52. The number of nitrogens with zero attached hydrogens (tertiary/aromatic N) is 2. The van der Waals surface area contributed by atoms with E-state index in [0.29, 0.717) is 10.4 Å². The van der Waals surface area contributed by atoms with Crippen LogP contribution in [-0.4, -0.2) is 50.0 Å². The maximum atomic E-state index is 13.6. The molecule has 0 heterocycles. The van der Waals surface area contributed by atoms with E-state index in [9.17, 15) is 31.2 Å². The molecule has 208 valence electrons. The quantitative estimate of drug-likeness (QED) is 0.462. The molecule has 38 heavy (non-hydrogen) atoms. The number of alkyl halides is 3. The number of sulfonamides is 1. The fraction of sp³-hybridized carbons (Fsp3) is 0.462. The fourth-order valence-corrected chi connectivity index (χ4v) is 5.51. The summed E-state index contributed by atoms with van der Waals surface area (Å²) in [7, 11) is -4.19. The van der Waals surface area contributed by atoms with Crippen LogP contribution in [0.2, 0.25) is 5.02 Å². The molecule has 0 unspecified atom stereocenters. The number of halogens is 4. The molecule has 0 bridgehead atoms. The third kappa shape index (κ3) is 7.41. The van der Waals surface area contributed by atoms with Crippen LogP contribution in [0, 0.1) is 6.92 Å². The summed E-state index contributed by atoms with van der Waals surface area (Å²) >= 11 is 5.70. The Morgan fingerprint density at radius 2 is 1.76 bits per heavy atom. The summed E-state index contributed by atoms with van der Waals surface area (Å²) < 4.78 is 66.2. The topological polar surface area (TPSA) is 86.8 Å². The Balaban J connectivity index is 1.95. The van der Waals surface area contributed by atoms with Crippen LogP contribution in [-0.2, 0) is 32.3 Å². The van der Waals surface area contributed by atoms with Gasteiger partial charge in [0.2, 0.25) is 21.8 Å². The molecular formula is C26H31ClF3N3O4S. The van der Waals surface area contributed by atoms with Crippen molar-refractivity contribution in [3.63, 3.8) is 0 Å². The van der Waals surface area contributed by atoms with Gasteiger partial charge in [-0.1, -0.05) is 48.7 Å². The molecular weight excluding hydrogens is 543 g/mol. The highest BCUT2D eigenvalue weighted by Gasteiger charge is 2.36. The van der Waals surface area contributed by atoms with E-state index in [1.165, 1.54) is 4.90 Å². The van der Waals surface area contributed by atoms with E-state index >= 15 is 0 Å². The Kier molecular flexibility index (Phi) is 9.35. The van der Waals surface area contributed by atoms with Crippen molar-refractivity contribution < 1.29 is 31.2 Å². The largest absolute Gasteiger partial charge is 0.417 e. The molecule has 3 rings (SSSR count). The first-order chi connectivity index (χ1) is 17.7. The smallest absolute Gasteiger partial charge is 0.352 e. The first kappa shape index (κ1) is 29.8. The number of hydrogen-bond donors (Lipinski definition) is 1. The number of rotatable bonds is 9. The zero-order valence-corrected chi connectivity index (χ0v) is 23.0. The van der Waals surface area contributed by atoms with Gasteiger partial charge in [-0.25, -0.2) is 8.42 Å². The number of nitrogens with one attached hydrogen (secondary N) is 1. The number of amides is 2. The molecule has 0 radical (unpaired) electrons. The van der Waals surface area contributed by atoms with Gasteiger partial charge in [0.05, 0.1) is 22.5 Å². The van der Waals surface area contributed by atoms with Crippen molar-refractivity contribution in [1.29, 1.82) is 0 Å². The van der Waals surface area contributed by atoms with Gasteiger partial charge >= 0.3 is 6.18 Å². The van der Waals surface area contributed by atoms with Gasteiger partial charge in [-0.15, -0.1) is 0 Å². The molecule has 7 nitrogen and oxygen atoms in total. The van der Waals surface area contributed by atoms with Crippen molar-refractivity contribution in [2.24, 2.45) is 0 Å². The van der Waals surface area contributed by atoms with Crippen LogP contribution in [0.3, 0.4) is 0 Å². The molecule has 2 aromatic carbocycles. The molecule has 0 aromatic heterocycles. The van der Waals surface area contributed by atoms with Gasteiger partial charge in [0, 0.05) is 12.6 Å². The molecule has 1 saturated carbocycles. The first-order valence-electron chi connectivity index (χ1n) is 12.2. The fourth-order valence-electron chi connectivity index (χ4n) is 4.44. The van der Waals surface area contributed by atoms with E-state index in [-0.39, 0.29) is 24.2 Å². The van der Waals surface area contributed by atoms with Crippen LogP contribution >= 0.6 is 11.6 Å². The van der Waals surface area contributed by atoms with Gasteiger partial charge in [0.1, 0.15) is 12.6 Å². The molecule has 12 heteroatoms. The summed E-state index contributed by atoms with van der Waals surface area (Å²) in [5.41, 5.74) is 0.0228. The second-order valence-corrected chi connectivity index (χ2v) is 11.9. The second-order valence-electron chi connectivity index (χ2n) is 9.55. The molecule has 1 aliphatic carbocycles. The van der Waals surface area contributed by atoms with Crippen molar-refractivity contribution in [2.75, 3.05) is 17.1 Å². The Bertz CT molecular complexity index is 1280. The normalized spacial score (nSPS) is 15.2. The highest BCUT2D eigenvalue weighted by molar-refractivity contribution is 7.92. The number of aryl methyl sites for hydroxylation is 1. The maximum absolute atomic E-state index is 13.6. The van der Waals surface area contributed by atoms with Crippen molar-refractivity contribution >= 4 is 39.1 Å². The summed E-state index contributed by atoms with van der Waals surface area (Å²) in [6, 6.07) is 8.92. The Labute approximate surface area is 226 Å². The predicted octanol–water partition coefficient (Wildman–Crippen LogP) is 4.91. The van der Waals surface area contributed by atoms with Crippen molar-refractivity contribution in [1.82, 2.24) is 10.2 Å². The monoisotopic (exact) mass is 573 g/mol. The van der Waals surface area contributed by atoms with Crippen molar-refractivity contribution in [3.8, 4) is 0 Å². The summed E-state index contributed by atoms with van der Waals surface area (Å²) in [4.78, 5) is 28.0. The number of anilines is 1. The van der Waals surface area contributed by atoms with E-state index in [0.717, 1.165) is 55.2 Å². The molecule has 1 fully saturated rings. The summed E-state index contributed by atoms with van der Waals surface area (Å²) in [6.45, 7) is 2.60. The van der Waals surface area contributed by atoms with E-state index in [2.05, 4.69) is 5.32 Å². The first-order valence-corrected chi connectivity index (χ1v) is 14.4. The van der Waals surface area contributed by atoms with Crippen LogP contribution < -0.4 is 9.62 Å². The zero-order valence-electron chi connectivity index (χ0n) is 21.4. The Hall–Kier alpha value is -2.79. The maximum Gasteiger partial charge on any atom is 0.417 e. The number of benzene rings is 2. The molecule has 1 N–H and O–H groups in total. The lowest BCUT2D eigenvalue weighted by molar-refractivity contribution is -0.139. The van der Waals surface area contributed by atoms with Gasteiger partial charge in [-0.05, 0) is 56.0 Å². The number of carbonyl (C=O) groups excluding carboxylic acids is 2.